The van der Waals surface area contributed by atoms with Crippen molar-refractivity contribution in [2.45, 2.75) is 31.8 Å². The summed E-state index contributed by atoms with van der Waals surface area (Å²) in [7, 11) is 6.18. The van der Waals surface area contributed by atoms with Gasteiger partial charge < -0.3 is 14.5 Å². The topological polar surface area (TPSA) is 44.7 Å². The van der Waals surface area contributed by atoms with Crippen LogP contribution in [-0.4, -0.2) is 61.7 Å². The second-order valence-corrected chi connectivity index (χ2v) is 7.81. The zero-order valence-corrected chi connectivity index (χ0v) is 16.6. The van der Waals surface area contributed by atoms with Crippen LogP contribution in [0.25, 0.3) is 0 Å². The standard InChI is InChI=1S/C21H29N5O/c1-24(2)20-12-21(23-15-22-20)25(3)18-5-4-9-26(14-18)13-16-6-7-19-17(11-16)8-10-27-19/h6-7,11-12,15,18H,4-5,8-10,13-14H2,1-3H3. The quantitative estimate of drug-likeness (QED) is 0.809. The van der Waals surface area contributed by atoms with Crippen LogP contribution in [0.3, 0.4) is 0 Å². The van der Waals surface area contributed by atoms with Crippen molar-refractivity contribution in [1.29, 1.82) is 0 Å². The third kappa shape index (κ3) is 4.00. The van der Waals surface area contributed by atoms with Crippen LogP contribution in [-0.2, 0) is 13.0 Å². The molecule has 144 valence electrons. The minimum atomic E-state index is 0.474. The Hall–Kier alpha value is -2.34. The van der Waals surface area contributed by atoms with Gasteiger partial charge in [0, 0.05) is 52.8 Å². The summed E-state index contributed by atoms with van der Waals surface area (Å²) in [4.78, 5) is 15.7. The molecule has 0 N–H and O–H groups in total. The molecule has 1 aromatic carbocycles. The molecule has 1 saturated heterocycles. The van der Waals surface area contributed by atoms with Gasteiger partial charge in [-0.25, -0.2) is 9.97 Å². The minimum Gasteiger partial charge on any atom is -0.493 e. The predicted octanol–water partition coefficient (Wildman–Crippen LogP) is 2.58. The molecule has 0 spiro atoms. The molecule has 0 aliphatic carbocycles. The van der Waals surface area contributed by atoms with E-state index in [2.05, 4.69) is 51.1 Å². The lowest BCUT2D eigenvalue weighted by Crippen LogP contribution is -2.46. The Labute approximate surface area is 161 Å². The molecule has 2 aliphatic heterocycles. The number of benzene rings is 1. The number of likely N-dealkylation sites (tertiary alicyclic amines) is 1. The summed E-state index contributed by atoms with van der Waals surface area (Å²) in [5.41, 5.74) is 2.75. The average Bonchev–Trinajstić information content (AvgIpc) is 3.15. The first-order valence-corrected chi connectivity index (χ1v) is 9.79. The van der Waals surface area contributed by atoms with Gasteiger partial charge >= 0.3 is 0 Å². The highest BCUT2D eigenvalue weighted by Gasteiger charge is 2.25. The molecule has 27 heavy (non-hydrogen) atoms. The molecule has 4 rings (SSSR count). The van der Waals surface area contributed by atoms with Crippen molar-refractivity contribution in [2.24, 2.45) is 0 Å². The third-order valence-corrected chi connectivity index (χ3v) is 5.65. The monoisotopic (exact) mass is 367 g/mol. The fraction of sp³-hybridized carbons (Fsp3) is 0.524. The lowest BCUT2D eigenvalue weighted by Gasteiger charge is -2.38. The van der Waals surface area contributed by atoms with E-state index in [1.807, 2.05) is 19.0 Å². The summed E-state index contributed by atoms with van der Waals surface area (Å²) in [5, 5.41) is 0. The number of nitrogens with zero attached hydrogens (tertiary/aromatic N) is 5. The molecule has 0 bridgehead atoms. The molecule has 0 saturated carbocycles. The van der Waals surface area contributed by atoms with Gasteiger partial charge in [-0.1, -0.05) is 12.1 Å². The Morgan fingerprint density at radius 1 is 1.15 bits per heavy atom. The summed E-state index contributed by atoms with van der Waals surface area (Å²) >= 11 is 0. The molecule has 1 fully saturated rings. The molecular weight excluding hydrogens is 338 g/mol. The first-order valence-electron chi connectivity index (χ1n) is 9.79. The zero-order chi connectivity index (χ0) is 18.8. The number of rotatable bonds is 5. The summed E-state index contributed by atoms with van der Waals surface area (Å²) in [6.07, 6.45) is 5.12. The van der Waals surface area contributed by atoms with Crippen molar-refractivity contribution in [1.82, 2.24) is 14.9 Å². The van der Waals surface area contributed by atoms with E-state index in [1.54, 1.807) is 6.33 Å². The number of likely N-dealkylation sites (N-methyl/N-ethyl adjacent to an activating group) is 1. The van der Waals surface area contributed by atoms with E-state index in [0.717, 1.165) is 50.0 Å². The summed E-state index contributed by atoms with van der Waals surface area (Å²) in [6.45, 7) is 4.05. The van der Waals surface area contributed by atoms with E-state index in [4.69, 9.17) is 4.74 Å². The van der Waals surface area contributed by atoms with E-state index in [9.17, 15) is 0 Å². The van der Waals surface area contributed by atoms with Gasteiger partial charge in [0.05, 0.1) is 6.61 Å². The maximum absolute atomic E-state index is 5.63. The molecule has 1 aromatic heterocycles. The Morgan fingerprint density at radius 2 is 2.00 bits per heavy atom. The molecular formula is C21H29N5O. The predicted molar refractivity (Wildman–Crippen MR) is 109 cm³/mol. The zero-order valence-electron chi connectivity index (χ0n) is 16.6. The number of anilines is 2. The van der Waals surface area contributed by atoms with Crippen LogP contribution in [0.1, 0.15) is 24.0 Å². The molecule has 2 aromatic rings. The van der Waals surface area contributed by atoms with Crippen molar-refractivity contribution in [3.63, 3.8) is 0 Å². The molecule has 0 radical (unpaired) electrons. The molecule has 6 heteroatoms. The van der Waals surface area contributed by atoms with Crippen LogP contribution in [0.5, 0.6) is 5.75 Å². The van der Waals surface area contributed by atoms with Gasteiger partial charge in [-0.2, -0.15) is 0 Å². The van der Waals surface area contributed by atoms with E-state index in [1.165, 1.54) is 24.0 Å². The van der Waals surface area contributed by atoms with Gasteiger partial charge in [0.1, 0.15) is 23.7 Å². The molecule has 3 heterocycles. The van der Waals surface area contributed by atoms with Crippen molar-refractivity contribution in [2.75, 3.05) is 50.6 Å². The fourth-order valence-electron chi connectivity index (χ4n) is 4.05. The van der Waals surface area contributed by atoms with Crippen molar-refractivity contribution >= 4 is 11.6 Å². The number of piperidine rings is 1. The lowest BCUT2D eigenvalue weighted by molar-refractivity contribution is 0.198. The second kappa shape index (κ2) is 7.72. The molecule has 2 aliphatic rings. The minimum absolute atomic E-state index is 0.474. The van der Waals surface area contributed by atoms with Crippen LogP contribution in [0, 0.1) is 0 Å². The number of ether oxygens (including phenoxy) is 1. The number of hydrogen-bond acceptors (Lipinski definition) is 6. The highest BCUT2D eigenvalue weighted by molar-refractivity contribution is 5.49. The van der Waals surface area contributed by atoms with Crippen molar-refractivity contribution in [3.05, 3.63) is 41.7 Å². The van der Waals surface area contributed by atoms with Crippen LogP contribution in [0.4, 0.5) is 11.6 Å². The lowest BCUT2D eigenvalue weighted by atomic mass is 10.0. The van der Waals surface area contributed by atoms with Gasteiger partial charge in [-0.15, -0.1) is 0 Å². The maximum atomic E-state index is 5.63. The molecule has 0 amide bonds. The summed E-state index contributed by atoms with van der Waals surface area (Å²) in [6, 6.07) is 9.21. The van der Waals surface area contributed by atoms with Gasteiger partial charge in [-0.05, 0) is 36.6 Å². The third-order valence-electron chi connectivity index (χ3n) is 5.65. The van der Waals surface area contributed by atoms with Gasteiger partial charge in [0.25, 0.3) is 0 Å². The number of aromatic nitrogens is 2. The maximum Gasteiger partial charge on any atom is 0.134 e. The largest absolute Gasteiger partial charge is 0.493 e. The van der Waals surface area contributed by atoms with E-state index >= 15 is 0 Å². The normalized spacial score (nSPS) is 19.4. The van der Waals surface area contributed by atoms with E-state index < -0.39 is 0 Å². The van der Waals surface area contributed by atoms with Crippen LogP contribution < -0.4 is 14.5 Å². The smallest absolute Gasteiger partial charge is 0.134 e. The number of fused-ring (bicyclic) bond motifs is 1. The van der Waals surface area contributed by atoms with Gasteiger partial charge in [0.15, 0.2) is 0 Å². The van der Waals surface area contributed by atoms with Crippen LogP contribution in [0.15, 0.2) is 30.6 Å². The highest BCUT2D eigenvalue weighted by atomic mass is 16.5. The summed E-state index contributed by atoms with van der Waals surface area (Å²) < 4.78 is 5.63. The SMILES string of the molecule is CN(C)c1cc(N(C)C2CCCN(Cc3ccc4c(c3)CCO4)C2)ncn1. The van der Waals surface area contributed by atoms with Crippen molar-refractivity contribution < 1.29 is 4.74 Å². The first-order chi connectivity index (χ1) is 13.1. The molecule has 1 unspecified atom stereocenters. The highest BCUT2D eigenvalue weighted by Crippen LogP contribution is 2.27. The Bertz CT molecular complexity index is 794. The van der Waals surface area contributed by atoms with Crippen LogP contribution >= 0.6 is 0 Å². The number of hydrogen-bond donors (Lipinski definition) is 0. The fourth-order valence-corrected chi connectivity index (χ4v) is 4.05. The van der Waals surface area contributed by atoms with E-state index in [-0.39, 0.29) is 0 Å². The van der Waals surface area contributed by atoms with E-state index in [0.29, 0.717) is 6.04 Å². The Morgan fingerprint density at radius 3 is 2.85 bits per heavy atom. The van der Waals surface area contributed by atoms with Crippen LogP contribution in [0.2, 0.25) is 0 Å². The second-order valence-electron chi connectivity index (χ2n) is 7.81. The Kier molecular flexibility index (Phi) is 5.16. The molecule has 1 atom stereocenters. The summed E-state index contributed by atoms with van der Waals surface area (Å²) in [5.74, 6) is 3.01. The van der Waals surface area contributed by atoms with Gasteiger partial charge in [0.2, 0.25) is 0 Å². The average molecular weight is 367 g/mol. The van der Waals surface area contributed by atoms with Gasteiger partial charge in [-0.3, -0.25) is 4.90 Å². The molecule has 6 nitrogen and oxygen atoms in total. The first kappa shape index (κ1) is 18.0. The van der Waals surface area contributed by atoms with Crippen molar-refractivity contribution in [3.8, 4) is 5.75 Å². The Balaban J connectivity index is 1.42.